The van der Waals surface area contributed by atoms with E-state index in [1.807, 2.05) is 6.26 Å². The van der Waals surface area contributed by atoms with Crippen molar-refractivity contribution in [1.29, 1.82) is 0 Å². The van der Waals surface area contributed by atoms with Gasteiger partial charge >= 0.3 is 0 Å². The van der Waals surface area contributed by atoms with E-state index in [1.54, 1.807) is 12.1 Å². The molecule has 0 radical (unpaired) electrons. The summed E-state index contributed by atoms with van der Waals surface area (Å²) >= 11 is 7.84. The molecule has 4 nitrogen and oxygen atoms in total. The average molecular weight is 367 g/mol. The van der Waals surface area contributed by atoms with Crippen molar-refractivity contribution in [3.05, 3.63) is 26.6 Å². The molecule has 0 aromatic heterocycles. The normalized spacial score (nSPS) is 12.3. The average Bonchev–Trinajstić information content (AvgIpc) is 2.24. The lowest BCUT2D eigenvalue weighted by molar-refractivity contribution is 0.471. The fourth-order valence-electron chi connectivity index (χ4n) is 0.873. The van der Waals surface area contributed by atoms with E-state index in [4.69, 9.17) is 5.73 Å². The first-order valence-electron chi connectivity index (χ1n) is 4.13. The highest BCUT2D eigenvalue weighted by Crippen LogP contribution is 2.30. The van der Waals surface area contributed by atoms with Crippen LogP contribution < -0.4 is 5.73 Å². The number of thioether (sulfide) groups is 1. The lowest BCUT2D eigenvalue weighted by Gasteiger charge is -2.01. The number of phenolic OH excluding ortho intramolecular Hbond substituents is 1. The number of halogens is 2. The molecule has 1 rings (SSSR count). The molecule has 1 aromatic carbocycles. The summed E-state index contributed by atoms with van der Waals surface area (Å²) in [7, 11) is 0. The summed E-state index contributed by atoms with van der Waals surface area (Å²) in [5.41, 5.74) is 6.01. The smallest absolute Gasteiger partial charge is 0.180 e. The Morgan fingerprint density at radius 3 is 2.81 bits per heavy atom. The summed E-state index contributed by atoms with van der Waals surface area (Å²) in [5.74, 6) is 0.116. The molecular formula is C9H9Br2N3OS. The van der Waals surface area contributed by atoms with E-state index < -0.39 is 0 Å². The van der Waals surface area contributed by atoms with Gasteiger partial charge in [-0.25, -0.2) is 0 Å². The standard InChI is InChI=1S/C9H9Br2N3OS/c1-16-9(12)14-13-4-5-2-6(10)3-7(11)8(5)15/h2-4,15H,1H3,(H2,12,14). The second kappa shape index (κ2) is 6.27. The van der Waals surface area contributed by atoms with Crippen LogP contribution in [0.15, 0.2) is 31.3 Å². The number of amidine groups is 1. The van der Waals surface area contributed by atoms with Crippen molar-refractivity contribution in [2.75, 3.05) is 6.26 Å². The molecule has 7 heteroatoms. The minimum atomic E-state index is 0.116. The summed E-state index contributed by atoms with van der Waals surface area (Å²) in [6.45, 7) is 0. The molecule has 1 aromatic rings. The summed E-state index contributed by atoms with van der Waals surface area (Å²) < 4.78 is 1.42. The molecule has 0 aliphatic rings. The molecule has 0 fully saturated rings. The van der Waals surface area contributed by atoms with Gasteiger partial charge in [0.1, 0.15) is 5.75 Å². The molecule has 0 heterocycles. The van der Waals surface area contributed by atoms with Crippen molar-refractivity contribution in [3.8, 4) is 5.75 Å². The summed E-state index contributed by atoms with van der Waals surface area (Å²) in [6, 6.07) is 3.47. The predicted octanol–water partition coefficient (Wildman–Crippen LogP) is 2.93. The Hall–Kier alpha value is -0.530. The van der Waals surface area contributed by atoms with E-state index >= 15 is 0 Å². The van der Waals surface area contributed by atoms with Gasteiger partial charge in [0.15, 0.2) is 5.17 Å². The lowest BCUT2D eigenvalue weighted by atomic mass is 10.2. The summed E-state index contributed by atoms with van der Waals surface area (Å²) in [5, 5.41) is 17.6. The van der Waals surface area contributed by atoms with Crippen LogP contribution in [0.1, 0.15) is 5.56 Å². The fraction of sp³-hybridized carbons (Fsp3) is 0.111. The Labute approximate surface area is 114 Å². The van der Waals surface area contributed by atoms with E-state index in [2.05, 4.69) is 42.1 Å². The SMILES string of the molecule is CS/C(N)=N/N=Cc1cc(Br)cc(Br)c1O. The van der Waals surface area contributed by atoms with Crippen molar-refractivity contribution < 1.29 is 5.11 Å². The maximum atomic E-state index is 9.70. The minimum absolute atomic E-state index is 0.116. The molecule has 3 N–H and O–H groups in total. The van der Waals surface area contributed by atoms with E-state index in [0.29, 0.717) is 15.2 Å². The number of hydrogen-bond acceptors (Lipinski definition) is 4. The third-order valence-electron chi connectivity index (χ3n) is 1.62. The third kappa shape index (κ3) is 3.80. The van der Waals surface area contributed by atoms with Gasteiger partial charge < -0.3 is 10.8 Å². The molecule has 0 aliphatic carbocycles. The van der Waals surface area contributed by atoms with Crippen LogP contribution in [0.2, 0.25) is 0 Å². The molecule has 0 amide bonds. The van der Waals surface area contributed by atoms with Crippen molar-refractivity contribution >= 4 is 55.0 Å². The van der Waals surface area contributed by atoms with Gasteiger partial charge in [0.05, 0.1) is 10.7 Å². The van der Waals surface area contributed by atoms with Crippen molar-refractivity contribution in [3.63, 3.8) is 0 Å². The largest absolute Gasteiger partial charge is 0.506 e. The molecule has 0 saturated carbocycles. The first-order valence-corrected chi connectivity index (χ1v) is 6.94. The van der Waals surface area contributed by atoms with Crippen LogP contribution in [0.25, 0.3) is 0 Å². The molecule has 0 bridgehead atoms. The second-order valence-corrected chi connectivity index (χ2v) is 5.31. The number of benzene rings is 1. The molecule has 0 aliphatic heterocycles. The van der Waals surface area contributed by atoms with Gasteiger partial charge in [0, 0.05) is 10.0 Å². The highest BCUT2D eigenvalue weighted by atomic mass is 79.9. The Balaban J connectivity index is 2.97. The highest BCUT2D eigenvalue weighted by Gasteiger charge is 2.04. The van der Waals surface area contributed by atoms with Crippen LogP contribution in [-0.2, 0) is 0 Å². The summed E-state index contributed by atoms with van der Waals surface area (Å²) in [4.78, 5) is 0. The van der Waals surface area contributed by atoms with Crippen LogP contribution >= 0.6 is 43.6 Å². The highest BCUT2D eigenvalue weighted by molar-refractivity contribution is 9.11. The zero-order valence-electron chi connectivity index (χ0n) is 8.32. The summed E-state index contributed by atoms with van der Waals surface area (Å²) in [6.07, 6.45) is 3.25. The van der Waals surface area contributed by atoms with Crippen LogP contribution in [0.3, 0.4) is 0 Å². The maximum Gasteiger partial charge on any atom is 0.180 e. The molecular weight excluding hydrogens is 358 g/mol. The van der Waals surface area contributed by atoms with Crippen LogP contribution in [0.4, 0.5) is 0 Å². The van der Waals surface area contributed by atoms with Crippen LogP contribution in [-0.4, -0.2) is 22.7 Å². The zero-order valence-corrected chi connectivity index (χ0v) is 12.3. The number of rotatable bonds is 2. The van der Waals surface area contributed by atoms with E-state index in [-0.39, 0.29) is 5.75 Å². The molecule has 0 spiro atoms. The van der Waals surface area contributed by atoms with Gasteiger partial charge in [-0.2, -0.15) is 5.10 Å². The topological polar surface area (TPSA) is 71.0 Å². The molecule has 86 valence electrons. The van der Waals surface area contributed by atoms with Gasteiger partial charge in [-0.15, -0.1) is 5.10 Å². The predicted molar refractivity (Wildman–Crippen MR) is 76.2 cm³/mol. The van der Waals surface area contributed by atoms with Crippen molar-refractivity contribution in [2.45, 2.75) is 0 Å². The Morgan fingerprint density at radius 1 is 1.50 bits per heavy atom. The Kier molecular flexibility index (Phi) is 5.30. The number of nitrogens with zero attached hydrogens (tertiary/aromatic N) is 2. The first kappa shape index (κ1) is 13.5. The maximum absolute atomic E-state index is 9.70. The zero-order chi connectivity index (χ0) is 12.1. The lowest BCUT2D eigenvalue weighted by Crippen LogP contribution is -2.03. The fourth-order valence-corrected chi connectivity index (χ4v) is 2.26. The van der Waals surface area contributed by atoms with E-state index in [0.717, 1.165) is 4.47 Å². The first-order chi connectivity index (χ1) is 7.54. The number of aromatic hydroxyl groups is 1. The van der Waals surface area contributed by atoms with Gasteiger partial charge in [-0.1, -0.05) is 27.7 Å². The van der Waals surface area contributed by atoms with Gasteiger partial charge in [-0.3, -0.25) is 0 Å². The molecule has 16 heavy (non-hydrogen) atoms. The quantitative estimate of drug-likeness (QED) is 0.480. The number of hydrogen-bond donors (Lipinski definition) is 2. The van der Waals surface area contributed by atoms with Gasteiger partial charge in [-0.05, 0) is 34.3 Å². The van der Waals surface area contributed by atoms with Crippen molar-refractivity contribution in [1.82, 2.24) is 0 Å². The molecule has 0 atom stereocenters. The molecule has 0 unspecified atom stereocenters. The second-order valence-electron chi connectivity index (χ2n) is 2.71. The number of nitrogens with two attached hydrogens (primary N) is 1. The van der Waals surface area contributed by atoms with E-state index in [9.17, 15) is 5.11 Å². The van der Waals surface area contributed by atoms with Crippen molar-refractivity contribution in [2.24, 2.45) is 15.9 Å². The van der Waals surface area contributed by atoms with Crippen LogP contribution in [0.5, 0.6) is 5.75 Å². The van der Waals surface area contributed by atoms with Gasteiger partial charge in [0.25, 0.3) is 0 Å². The monoisotopic (exact) mass is 365 g/mol. The van der Waals surface area contributed by atoms with E-state index in [1.165, 1.54) is 18.0 Å². The van der Waals surface area contributed by atoms with Crippen LogP contribution in [0, 0.1) is 0 Å². The third-order valence-corrected chi connectivity index (χ3v) is 3.18. The minimum Gasteiger partial charge on any atom is -0.506 e. The van der Waals surface area contributed by atoms with Gasteiger partial charge in [0.2, 0.25) is 0 Å². The molecule has 0 saturated heterocycles. The Morgan fingerprint density at radius 2 is 2.19 bits per heavy atom. The Bertz CT molecular complexity index is 449. The number of phenols is 1.